The molecular formula is C16H14BrN3O3. The third kappa shape index (κ3) is 3.50. The van der Waals surface area contributed by atoms with E-state index < -0.39 is 0 Å². The fraction of sp³-hybridized carbons (Fsp3) is 0.188. The van der Waals surface area contributed by atoms with Gasteiger partial charge in [-0.1, -0.05) is 6.07 Å². The van der Waals surface area contributed by atoms with Gasteiger partial charge in [0.15, 0.2) is 6.61 Å². The Kier molecular flexibility index (Phi) is 4.29. The van der Waals surface area contributed by atoms with Gasteiger partial charge in [0.1, 0.15) is 5.75 Å². The molecule has 2 N–H and O–H groups in total. The van der Waals surface area contributed by atoms with E-state index in [1.54, 1.807) is 24.4 Å². The first-order chi connectivity index (χ1) is 11.0. The van der Waals surface area contributed by atoms with Crippen molar-refractivity contribution in [2.45, 2.75) is 13.0 Å². The summed E-state index contributed by atoms with van der Waals surface area (Å²) >= 11 is 3.29. The Morgan fingerprint density at radius 3 is 3.00 bits per heavy atom. The third-order valence-electron chi connectivity index (χ3n) is 3.45. The molecule has 2 aromatic rings. The topological polar surface area (TPSA) is 80.3 Å². The zero-order valence-electron chi connectivity index (χ0n) is 12.3. The van der Waals surface area contributed by atoms with E-state index in [0.717, 1.165) is 10.0 Å². The number of nitrogens with one attached hydrogen (secondary N) is 2. The molecule has 0 aliphatic carbocycles. The smallest absolute Gasteiger partial charge is 0.262 e. The SMILES string of the molecule is CC(NC(=O)c1cncc(Br)c1)c1ccc2c(c1)NC(=O)CO2. The summed E-state index contributed by atoms with van der Waals surface area (Å²) < 4.78 is 6.06. The van der Waals surface area contributed by atoms with Crippen molar-refractivity contribution in [2.24, 2.45) is 0 Å². The van der Waals surface area contributed by atoms with Crippen molar-refractivity contribution >= 4 is 33.4 Å². The fourth-order valence-electron chi connectivity index (χ4n) is 2.27. The summed E-state index contributed by atoms with van der Waals surface area (Å²) in [5.41, 5.74) is 1.95. The number of rotatable bonds is 3. The van der Waals surface area contributed by atoms with Crippen molar-refractivity contribution in [1.29, 1.82) is 0 Å². The molecule has 0 fully saturated rings. The molecule has 2 heterocycles. The van der Waals surface area contributed by atoms with Crippen molar-refractivity contribution < 1.29 is 14.3 Å². The normalized spacial score (nSPS) is 14.3. The van der Waals surface area contributed by atoms with Crippen LogP contribution < -0.4 is 15.4 Å². The van der Waals surface area contributed by atoms with Crippen LogP contribution in [0.5, 0.6) is 5.75 Å². The molecule has 6 nitrogen and oxygen atoms in total. The molecule has 1 aromatic heterocycles. The first kappa shape index (κ1) is 15.5. The van der Waals surface area contributed by atoms with Crippen LogP contribution in [-0.2, 0) is 4.79 Å². The number of ether oxygens (including phenoxy) is 1. The number of hydrogen-bond acceptors (Lipinski definition) is 4. The standard InChI is InChI=1S/C16H14BrN3O3/c1-9(19-16(22)11-4-12(17)7-18-6-11)10-2-3-14-13(5-10)20-15(21)8-23-14/h2-7,9H,8H2,1H3,(H,19,22)(H,20,21). The lowest BCUT2D eigenvalue weighted by Crippen LogP contribution is -2.28. The number of aromatic nitrogens is 1. The highest BCUT2D eigenvalue weighted by Gasteiger charge is 2.18. The predicted molar refractivity (Wildman–Crippen MR) is 88.4 cm³/mol. The van der Waals surface area contributed by atoms with Gasteiger partial charge in [-0.05, 0) is 46.6 Å². The largest absolute Gasteiger partial charge is 0.482 e. The van der Waals surface area contributed by atoms with Gasteiger partial charge in [0.25, 0.3) is 11.8 Å². The molecule has 23 heavy (non-hydrogen) atoms. The maximum atomic E-state index is 12.3. The molecule has 0 bridgehead atoms. The molecule has 0 spiro atoms. The molecule has 118 valence electrons. The van der Waals surface area contributed by atoms with E-state index in [4.69, 9.17) is 4.74 Å². The van der Waals surface area contributed by atoms with Crippen molar-refractivity contribution in [1.82, 2.24) is 10.3 Å². The molecule has 7 heteroatoms. The molecule has 1 aromatic carbocycles. The van der Waals surface area contributed by atoms with Crippen LogP contribution in [-0.4, -0.2) is 23.4 Å². The molecule has 3 rings (SSSR count). The lowest BCUT2D eigenvalue weighted by Gasteiger charge is -2.21. The van der Waals surface area contributed by atoms with Crippen LogP contribution in [0.15, 0.2) is 41.1 Å². The molecule has 0 saturated carbocycles. The summed E-state index contributed by atoms with van der Waals surface area (Å²) in [6.45, 7) is 1.89. The quantitative estimate of drug-likeness (QED) is 0.863. The molecule has 1 aliphatic rings. The van der Waals surface area contributed by atoms with Crippen LogP contribution in [0.25, 0.3) is 0 Å². The van der Waals surface area contributed by atoms with Gasteiger partial charge in [0.05, 0.1) is 17.3 Å². The Balaban J connectivity index is 1.75. The van der Waals surface area contributed by atoms with Crippen molar-refractivity contribution in [2.75, 3.05) is 11.9 Å². The second-order valence-electron chi connectivity index (χ2n) is 5.18. The Labute approximate surface area is 141 Å². The lowest BCUT2D eigenvalue weighted by atomic mass is 10.1. The summed E-state index contributed by atoms with van der Waals surface area (Å²) in [7, 11) is 0. The zero-order valence-corrected chi connectivity index (χ0v) is 13.9. The molecular weight excluding hydrogens is 362 g/mol. The molecule has 2 amide bonds. The van der Waals surface area contributed by atoms with Gasteiger partial charge in [0, 0.05) is 16.9 Å². The maximum Gasteiger partial charge on any atom is 0.262 e. The summed E-state index contributed by atoms with van der Waals surface area (Å²) in [5.74, 6) is 0.221. The summed E-state index contributed by atoms with van der Waals surface area (Å²) in [6, 6.07) is 6.92. The highest BCUT2D eigenvalue weighted by molar-refractivity contribution is 9.10. The van der Waals surface area contributed by atoms with Gasteiger partial charge >= 0.3 is 0 Å². The van der Waals surface area contributed by atoms with Gasteiger partial charge in [0.2, 0.25) is 0 Å². The number of anilines is 1. The van der Waals surface area contributed by atoms with Crippen LogP contribution in [0.1, 0.15) is 28.9 Å². The molecule has 0 saturated heterocycles. The lowest BCUT2D eigenvalue weighted by molar-refractivity contribution is -0.118. The molecule has 1 atom stereocenters. The van der Waals surface area contributed by atoms with E-state index in [0.29, 0.717) is 17.0 Å². The number of nitrogens with zero attached hydrogens (tertiary/aromatic N) is 1. The van der Waals surface area contributed by atoms with Gasteiger partial charge in [-0.15, -0.1) is 0 Å². The number of amides is 2. The molecule has 1 unspecified atom stereocenters. The van der Waals surface area contributed by atoms with Crippen LogP contribution in [0.2, 0.25) is 0 Å². The highest BCUT2D eigenvalue weighted by Crippen LogP contribution is 2.30. The van der Waals surface area contributed by atoms with Crippen molar-refractivity contribution in [3.8, 4) is 5.75 Å². The third-order valence-corrected chi connectivity index (χ3v) is 3.88. The van der Waals surface area contributed by atoms with Gasteiger partial charge in [-0.2, -0.15) is 0 Å². The van der Waals surface area contributed by atoms with Crippen LogP contribution >= 0.6 is 15.9 Å². The molecule has 0 radical (unpaired) electrons. The molecule has 1 aliphatic heterocycles. The van der Waals surface area contributed by atoms with Crippen LogP contribution in [0.4, 0.5) is 5.69 Å². The number of benzene rings is 1. The van der Waals surface area contributed by atoms with E-state index in [1.807, 2.05) is 13.0 Å². The summed E-state index contributed by atoms with van der Waals surface area (Å²) in [6.07, 6.45) is 3.13. The highest BCUT2D eigenvalue weighted by atomic mass is 79.9. The first-order valence-corrected chi connectivity index (χ1v) is 7.80. The summed E-state index contributed by atoms with van der Waals surface area (Å²) in [5, 5.41) is 5.66. The van der Waals surface area contributed by atoms with Gasteiger partial charge < -0.3 is 15.4 Å². The predicted octanol–water partition coefficient (Wildman–Crippen LogP) is 2.67. The minimum Gasteiger partial charge on any atom is -0.482 e. The Hall–Kier alpha value is -2.41. The number of fused-ring (bicyclic) bond motifs is 1. The number of pyridine rings is 1. The Bertz CT molecular complexity index is 779. The summed E-state index contributed by atoms with van der Waals surface area (Å²) in [4.78, 5) is 27.6. The second kappa shape index (κ2) is 6.37. The fourth-order valence-corrected chi connectivity index (χ4v) is 2.63. The minimum absolute atomic E-state index is 0.0223. The van der Waals surface area contributed by atoms with E-state index in [2.05, 4.69) is 31.5 Å². The van der Waals surface area contributed by atoms with E-state index in [1.165, 1.54) is 6.20 Å². The van der Waals surface area contributed by atoms with E-state index in [-0.39, 0.29) is 24.5 Å². The van der Waals surface area contributed by atoms with Gasteiger partial charge in [-0.3, -0.25) is 14.6 Å². The Morgan fingerprint density at radius 2 is 2.22 bits per heavy atom. The maximum absolute atomic E-state index is 12.3. The zero-order chi connectivity index (χ0) is 16.4. The number of carbonyl (C=O) groups is 2. The average molecular weight is 376 g/mol. The number of hydrogen-bond donors (Lipinski definition) is 2. The number of carbonyl (C=O) groups excluding carboxylic acids is 2. The van der Waals surface area contributed by atoms with Crippen molar-refractivity contribution in [3.63, 3.8) is 0 Å². The van der Waals surface area contributed by atoms with Crippen LogP contribution in [0.3, 0.4) is 0 Å². The Morgan fingerprint density at radius 1 is 1.39 bits per heavy atom. The van der Waals surface area contributed by atoms with Gasteiger partial charge in [-0.25, -0.2) is 0 Å². The van der Waals surface area contributed by atoms with E-state index >= 15 is 0 Å². The van der Waals surface area contributed by atoms with E-state index in [9.17, 15) is 9.59 Å². The monoisotopic (exact) mass is 375 g/mol. The van der Waals surface area contributed by atoms with Crippen LogP contribution in [0, 0.1) is 0 Å². The average Bonchev–Trinajstić information content (AvgIpc) is 2.54. The number of halogens is 1. The minimum atomic E-state index is -0.231. The first-order valence-electron chi connectivity index (χ1n) is 7.01. The second-order valence-corrected chi connectivity index (χ2v) is 6.10. The van der Waals surface area contributed by atoms with Crippen molar-refractivity contribution in [3.05, 3.63) is 52.3 Å².